The van der Waals surface area contributed by atoms with Crippen molar-refractivity contribution in [1.29, 1.82) is 0 Å². The van der Waals surface area contributed by atoms with Crippen LogP contribution in [0.4, 0.5) is 11.4 Å². The van der Waals surface area contributed by atoms with Gasteiger partial charge in [-0.2, -0.15) is 0 Å². The van der Waals surface area contributed by atoms with Crippen molar-refractivity contribution in [2.75, 3.05) is 18.2 Å². The molecule has 0 aliphatic rings. The zero-order valence-corrected chi connectivity index (χ0v) is 14.9. The Morgan fingerprint density at radius 3 is 2.42 bits per heavy atom. The highest BCUT2D eigenvalue weighted by molar-refractivity contribution is 5.92. The normalized spacial score (nSPS) is 11.6. The largest absolute Gasteiger partial charge is 0.495 e. The van der Waals surface area contributed by atoms with Gasteiger partial charge in [0.1, 0.15) is 5.75 Å². The maximum atomic E-state index is 12.1. The number of primary amides is 1. The Bertz CT molecular complexity index is 744. The van der Waals surface area contributed by atoms with E-state index in [0.717, 1.165) is 12.0 Å². The van der Waals surface area contributed by atoms with E-state index in [2.05, 4.69) is 5.32 Å². The molecule has 6 heteroatoms. The number of hydrogen-bond donors (Lipinski definition) is 3. The van der Waals surface area contributed by atoms with Crippen molar-refractivity contribution in [3.63, 3.8) is 0 Å². The van der Waals surface area contributed by atoms with Gasteiger partial charge in [0.15, 0.2) is 0 Å². The van der Waals surface area contributed by atoms with Gasteiger partial charge >= 0.3 is 0 Å². The minimum atomic E-state index is -0.368. The van der Waals surface area contributed by atoms with E-state index in [1.165, 1.54) is 0 Å². The number of carbonyl (C=O) groups excluding carboxylic acids is 2. The molecule has 6 nitrogen and oxygen atoms in total. The van der Waals surface area contributed by atoms with Gasteiger partial charge in [-0.1, -0.05) is 30.7 Å². The molecule has 0 bridgehead atoms. The molecule has 2 amide bonds. The number of anilines is 2. The number of para-hydroxylation sites is 2. The Balaban J connectivity index is 1.81. The number of nitrogens with two attached hydrogens (primary N) is 2. The topological polar surface area (TPSA) is 107 Å². The van der Waals surface area contributed by atoms with Gasteiger partial charge in [0.05, 0.1) is 18.7 Å². The van der Waals surface area contributed by atoms with E-state index >= 15 is 0 Å². The lowest BCUT2D eigenvalue weighted by Crippen LogP contribution is -2.21. The number of amides is 2. The molecular weight excluding hydrogens is 330 g/mol. The van der Waals surface area contributed by atoms with Gasteiger partial charge in [-0.25, -0.2) is 0 Å². The molecule has 0 aromatic heterocycles. The summed E-state index contributed by atoms with van der Waals surface area (Å²) in [5.74, 6) is -0.197. The molecule has 0 radical (unpaired) electrons. The second-order valence-electron chi connectivity index (χ2n) is 6.12. The fraction of sp³-hybridized carbons (Fsp3) is 0.300. The number of nitrogen functional groups attached to an aromatic ring is 1. The fourth-order valence-electron chi connectivity index (χ4n) is 2.80. The predicted molar refractivity (Wildman–Crippen MR) is 103 cm³/mol. The van der Waals surface area contributed by atoms with Crippen molar-refractivity contribution in [1.82, 2.24) is 0 Å². The number of hydrogen-bond acceptors (Lipinski definition) is 4. The molecule has 0 aliphatic heterocycles. The van der Waals surface area contributed by atoms with E-state index in [1.54, 1.807) is 31.4 Å². The van der Waals surface area contributed by atoms with Crippen molar-refractivity contribution in [2.24, 2.45) is 5.73 Å². The molecule has 0 aliphatic carbocycles. The maximum Gasteiger partial charge on any atom is 0.224 e. The molecule has 0 saturated heterocycles. The van der Waals surface area contributed by atoms with Gasteiger partial charge in [-0.15, -0.1) is 0 Å². The van der Waals surface area contributed by atoms with Crippen LogP contribution >= 0.6 is 0 Å². The van der Waals surface area contributed by atoms with E-state index in [4.69, 9.17) is 16.2 Å². The Morgan fingerprint density at radius 1 is 1.08 bits per heavy atom. The second-order valence-corrected chi connectivity index (χ2v) is 6.12. The SMILES string of the molecule is COc1ccccc1NC(=O)CCCCC(C(N)=O)c1ccc(N)cc1. The van der Waals surface area contributed by atoms with E-state index in [-0.39, 0.29) is 17.7 Å². The summed E-state index contributed by atoms with van der Waals surface area (Å²) in [6.07, 6.45) is 2.35. The molecule has 2 rings (SSSR count). The van der Waals surface area contributed by atoms with E-state index < -0.39 is 0 Å². The van der Waals surface area contributed by atoms with E-state index in [0.29, 0.717) is 36.4 Å². The van der Waals surface area contributed by atoms with Gasteiger partial charge in [-0.3, -0.25) is 9.59 Å². The number of methoxy groups -OCH3 is 1. The van der Waals surface area contributed by atoms with Gasteiger partial charge in [0.2, 0.25) is 11.8 Å². The zero-order valence-electron chi connectivity index (χ0n) is 14.9. The van der Waals surface area contributed by atoms with Crippen LogP contribution in [0.1, 0.15) is 37.2 Å². The van der Waals surface area contributed by atoms with Crippen LogP contribution in [0, 0.1) is 0 Å². The quantitative estimate of drug-likeness (QED) is 0.474. The van der Waals surface area contributed by atoms with Gasteiger partial charge in [-0.05, 0) is 42.7 Å². The van der Waals surface area contributed by atoms with Crippen molar-refractivity contribution in [2.45, 2.75) is 31.6 Å². The first-order valence-electron chi connectivity index (χ1n) is 8.59. The number of benzene rings is 2. The average molecular weight is 355 g/mol. The van der Waals surface area contributed by atoms with Gasteiger partial charge in [0.25, 0.3) is 0 Å². The van der Waals surface area contributed by atoms with E-state index in [1.807, 2.05) is 24.3 Å². The molecule has 2 aromatic carbocycles. The second kappa shape index (κ2) is 9.46. The Kier molecular flexibility index (Phi) is 7.02. The van der Waals surface area contributed by atoms with E-state index in [9.17, 15) is 9.59 Å². The maximum absolute atomic E-state index is 12.1. The lowest BCUT2D eigenvalue weighted by atomic mass is 9.92. The number of unbranched alkanes of at least 4 members (excludes halogenated alkanes) is 1. The van der Waals surface area contributed by atoms with Gasteiger partial charge in [0, 0.05) is 12.1 Å². The Hall–Kier alpha value is -3.02. The minimum Gasteiger partial charge on any atom is -0.495 e. The summed E-state index contributed by atoms with van der Waals surface area (Å²) < 4.78 is 5.21. The van der Waals surface area contributed by atoms with Crippen molar-refractivity contribution >= 4 is 23.2 Å². The molecule has 1 atom stereocenters. The van der Waals surface area contributed by atoms with Crippen LogP contribution in [0.5, 0.6) is 5.75 Å². The summed E-state index contributed by atoms with van der Waals surface area (Å²) >= 11 is 0. The summed E-state index contributed by atoms with van der Waals surface area (Å²) in [5, 5.41) is 2.84. The monoisotopic (exact) mass is 355 g/mol. The highest BCUT2D eigenvalue weighted by atomic mass is 16.5. The molecule has 0 spiro atoms. The zero-order chi connectivity index (χ0) is 18.9. The lowest BCUT2D eigenvalue weighted by molar-refractivity contribution is -0.119. The molecule has 138 valence electrons. The molecule has 0 fully saturated rings. The van der Waals surface area contributed by atoms with Crippen LogP contribution in [0.15, 0.2) is 48.5 Å². The molecular formula is C20H25N3O3. The predicted octanol–water partition coefficient (Wildman–Crippen LogP) is 3.05. The summed E-state index contributed by atoms with van der Waals surface area (Å²) in [5.41, 5.74) is 13.3. The van der Waals surface area contributed by atoms with Crippen LogP contribution in [0.3, 0.4) is 0 Å². The number of rotatable bonds is 9. The first kappa shape index (κ1) is 19.3. The number of ether oxygens (including phenoxy) is 1. The number of carbonyl (C=O) groups is 2. The standard InChI is InChI=1S/C20H25N3O3/c1-26-18-8-4-3-7-17(18)23-19(24)9-5-2-6-16(20(22)25)14-10-12-15(21)13-11-14/h3-4,7-8,10-13,16H,2,5-6,9,21H2,1H3,(H2,22,25)(H,23,24). The average Bonchev–Trinajstić information content (AvgIpc) is 2.63. The lowest BCUT2D eigenvalue weighted by Gasteiger charge is -2.14. The summed E-state index contributed by atoms with van der Waals surface area (Å²) in [7, 11) is 1.56. The first-order chi connectivity index (χ1) is 12.5. The molecule has 5 N–H and O–H groups in total. The summed E-state index contributed by atoms with van der Waals surface area (Å²) in [4.78, 5) is 23.8. The molecule has 26 heavy (non-hydrogen) atoms. The van der Waals surface area contributed by atoms with Crippen molar-refractivity contribution in [3.05, 3.63) is 54.1 Å². The Morgan fingerprint density at radius 2 is 1.77 bits per heavy atom. The first-order valence-corrected chi connectivity index (χ1v) is 8.59. The van der Waals surface area contributed by atoms with Gasteiger partial charge < -0.3 is 21.5 Å². The van der Waals surface area contributed by atoms with Crippen LogP contribution in [-0.2, 0) is 9.59 Å². The summed E-state index contributed by atoms with van der Waals surface area (Å²) in [6.45, 7) is 0. The molecule has 2 aromatic rings. The third-order valence-electron chi connectivity index (χ3n) is 4.21. The third kappa shape index (κ3) is 5.51. The highest BCUT2D eigenvalue weighted by Gasteiger charge is 2.17. The smallest absolute Gasteiger partial charge is 0.224 e. The molecule has 1 unspecified atom stereocenters. The molecule has 0 heterocycles. The van der Waals surface area contributed by atoms with Crippen LogP contribution in [-0.4, -0.2) is 18.9 Å². The summed E-state index contributed by atoms with van der Waals surface area (Å²) in [6, 6.07) is 14.4. The fourth-order valence-corrected chi connectivity index (χ4v) is 2.80. The van der Waals surface area contributed by atoms with Crippen molar-refractivity contribution < 1.29 is 14.3 Å². The highest BCUT2D eigenvalue weighted by Crippen LogP contribution is 2.25. The van der Waals surface area contributed by atoms with Crippen LogP contribution in [0.25, 0.3) is 0 Å². The van der Waals surface area contributed by atoms with Crippen LogP contribution in [0.2, 0.25) is 0 Å². The number of nitrogens with one attached hydrogen (secondary N) is 1. The molecule has 0 saturated carbocycles. The van der Waals surface area contributed by atoms with Crippen molar-refractivity contribution in [3.8, 4) is 5.75 Å². The van der Waals surface area contributed by atoms with Crippen LogP contribution < -0.4 is 21.5 Å². The Labute approximate surface area is 153 Å². The minimum absolute atomic E-state index is 0.0855. The third-order valence-corrected chi connectivity index (χ3v) is 4.21.